The van der Waals surface area contributed by atoms with Gasteiger partial charge in [0.15, 0.2) is 5.17 Å². The molecular weight excluding hydrogens is 344 g/mol. The molecule has 124 valence electrons. The molecule has 0 bridgehead atoms. The number of anilines is 1. The Labute approximate surface area is 145 Å². The van der Waals surface area contributed by atoms with E-state index >= 15 is 0 Å². The maximum atomic E-state index is 12.6. The number of thioether (sulfide) groups is 1. The zero-order valence-electron chi connectivity index (χ0n) is 13.2. The van der Waals surface area contributed by atoms with Gasteiger partial charge in [0.1, 0.15) is 0 Å². The van der Waals surface area contributed by atoms with Gasteiger partial charge in [0.05, 0.1) is 15.8 Å². The summed E-state index contributed by atoms with van der Waals surface area (Å²) in [6.45, 7) is 3.62. The number of amides is 1. The highest BCUT2D eigenvalue weighted by atomic mass is 32.2. The van der Waals surface area contributed by atoms with Crippen LogP contribution in [0, 0.1) is 6.92 Å². The largest absolute Gasteiger partial charge is 0.284 e. The molecule has 0 unspecified atom stereocenters. The molecule has 1 amide bonds. The van der Waals surface area contributed by atoms with Gasteiger partial charge in [-0.15, -0.1) is 4.40 Å². The predicted molar refractivity (Wildman–Crippen MR) is 96.8 cm³/mol. The molecule has 5 nitrogen and oxygen atoms in total. The number of carbonyl (C=O) groups excluding carboxylic acids is 1. The van der Waals surface area contributed by atoms with E-state index in [0.717, 1.165) is 17.3 Å². The molecule has 0 aromatic heterocycles. The van der Waals surface area contributed by atoms with E-state index in [2.05, 4.69) is 4.40 Å². The van der Waals surface area contributed by atoms with Crippen molar-refractivity contribution < 1.29 is 13.2 Å². The average Bonchev–Trinajstić information content (AvgIpc) is 2.82. The van der Waals surface area contributed by atoms with Gasteiger partial charge in [-0.1, -0.05) is 47.7 Å². The second kappa shape index (κ2) is 6.41. The Balaban J connectivity index is 2.04. The van der Waals surface area contributed by atoms with Crippen molar-refractivity contribution in [1.29, 1.82) is 0 Å². The first kappa shape index (κ1) is 16.7. The molecule has 24 heavy (non-hydrogen) atoms. The molecule has 2 aromatic rings. The fourth-order valence-corrected chi connectivity index (χ4v) is 4.44. The van der Waals surface area contributed by atoms with E-state index in [0.29, 0.717) is 5.69 Å². The molecule has 1 saturated heterocycles. The van der Waals surface area contributed by atoms with Crippen LogP contribution in [-0.4, -0.2) is 24.7 Å². The molecule has 0 N–H and O–H groups in total. The van der Waals surface area contributed by atoms with E-state index in [1.165, 1.54) is 17.0 Å². The van der Waals surface area contributed by atoms with Crippen LogP contribution in [0.25, 0.3) is 0 Å². The molecule has 1 atom stereocenters. The van der Waals surface area contributed by atoms with Crippen LogP contribution in [0.3, 0.4) is 0 Å². The summed E-state index contributed by atoms with van der Waals surface area (Å²) >= 11 is 1.15. The topological polar surface area (TPSA) is 66.8 Å². The normalized spacial score (nSPS) is 19.9. The molecule has 2 aromatic carbocycles. The van der Waals surface area contributed by atoms with Crippen molar-refractivity contribution in [2.45, 2.75) is 24.0 Å². The quantitative estimate of drug-likeness (QED) is 0.843. The Bertz CT molecular complexity index is 891. The number of aryl methyl sites for hydroxylation is 1. The van der Waals surface area contributed by atoms with Crippen molar-refractivity contribution in [3.63, 3.8) is 0 Å². The lowest BCUT2D eigenvalue weighted by Gasteiger charge is -2.15. The summed E-state index contributed by atoms with van der Waals surface area (Å²) in [6, 6.07) is 15.4. The molecule has 0 radical (unpaired) electrons. The Hall–Kier alpha value is -2.12. The number of hydrogen-bond donors (Lipinski definition) is 0. The van der Waals surface area contributed by atoms with Crippen molar-refractivity contribution in [3.05, 3.63) is 60.2 Å². The first-order valence-electron chi connectivity index (χ1n) is 7.36. The minimum atomic E-state index is -3.87. The van der Waals surface area contributed by atoms with Crippen molar-refractivity contribution in [3.8, 4) is 0 Å². The number of nitrogens with zero attached hydrogens (tertiary/aromatic N) is 2. The van der Waals surface area contributed by atoms with E-state index in [-0.39, 0.29) is 21.2 Å². The van der Waals surface area contributed by atoms with Crippen molar-refractivity contribution >= 4 is 38.5 Å². The molecular formula is C17H16N2O3S2. The summed E-state index contributed by atoms with van der Waals surface area (Å²) in [5, 5.41) is -0.198. The highest BCUT2D eigenvalue weighted by Gasteiger charge is 2.37. The van der Waals surface area contributed by atoms with Crippen LogP contribution >= 0.6 is 11.8 Å². The first-order valence-corrected chi connectivity index (χ1v) is 9.68. The molecule has 7 heteroatoms. The fraction of sp³-hybridized carbons (Fsp3) is 0.176. The van der Waals surface area contributed by atoms with E-state index in [9.17, 15) is 13.2 Å². The van der Waals surface area contributed by atoms with Crippen LogP contribution in [0.1, 0.15) is 12.5 Å². The van der Waals surface area contributed by atoms with Gasteiger partial charge in [-0.25, -0.2) is 0 Å². The third-order valence-electron chi connectivity index (χ3n) is 3.57. The molecule has 0 aliphatic carbocycles. The number of carbonyl (C=O) groups is 1. The maximum Gasteiger partial charge on any atom is 0.284 e. The number of hydrogen-bond acceptors (Lipinski definition) is 4. The molecule has 0 spiro atoms. The lowest BCUT2D eigenvalue weighted by molar-refractivity contribution is -0.116. The molecule has 3 rings (SSSR count). The summed E-state index contributed by atoms with van der Waals surface area (Å²) < 4.78 is 29.0. The number of rotatable bonds is 3. The summed E-state index contributed by atoms with van der Waals surface area (Å²) in [6.07, 6.45) is 0. The molecule has 0 saturated carbocycles. The summed E-state index contributed by atoms with van der Waals surface area (Å²) in [5.74, 6) is -0.177. The van der Waals surface area contributed by atoms with E-state index in [4.69, 9.17) is 0 Å². The Kier molecular flexibility index (Phi) is 4.47. The highest BCUT2D eigenvalue weighted by Crippen LogP contribution is 2.32. The molecule has 1 fully saturated rings. The predicted octanol–water partition coefficient (Wildman–Crippen LogP) is 3.21. The average molecular weight is 360 g/mol. The van der Waals surface area contributed by atoms with Crippen LogP contribution in [0.15, 0.2) is 63.9 Å². The number of benzene rings is 2. The minimum Gasteiger partial charge on any atom is -0.273 e. The number of amidine groups is 1. The van der Waals surface area contributed by atoms with E-state index in [1.54, 1.807) is 43.3 Å². The van der Waals surface area contributed by atoms with Crippen molar-refractivity contribution in [2.75, 3.05) is 4.90 Å². The first-order chi connectivity index (χ1) is 11.4. The Morgan fingerprint density at radius 1 is 1.04 bits per heavy atom. The van der Waals surface area contributed by atoms with Crippen LogP contribution in [0.4, 0.5) is 5.69 Å². The lowest BCUT2D eigenvalue weighted by Crippen LogP contribution is -2.31. The van der Waals surface area contributed by atoms with Gasteiger partial charge < -0.3 is 0 Å². The van der Waals surface area contributed by atoms with Crippen molar-refractivity contribution in [2.24, 2.45) is 4.40 Å². The van der Waals surface area contributed by atoms with Gasteiger partial charge in [-0.05, 0) is 38.1 Å². The van der Waals surface area contributed by atoms with Gasteiger partial charge in [-0.3, -0.25) is 9.69 Å². The smallest absolute Gasteiger partial charge is 0.273 e. The van der Waals surface area contributed by atoms with Crippen molar-refractivity contribution in [1.82, 2.24) is 0 Å². The van der Waals surface area contributed by atoms with Gasteiger partial charge in [-0.2, -0.15) is 8.42 Å². The Morgan fingerprint density at radius 2 is 1.67 bits per heavy atom. The third kappa shape index (κ3) is 3.22. The van der Waals surface area contributed by atoms with E-state index < -0.39 is 10.0 Å². The fourth-order valence-electron chi connectivity index (χ4n) is 2.28. The standard InChI is InChI=1S/C17H16N2O3S2/c1-12-8-10-15(11-9-12)24(21,22)18-17-19(16(20)13(2)23-17)14-6-4-3-5-7-14/h3-11,13H,1-2H3/t13-/m0/s1. The highest BCUT2D eigenvalue weighted by molar-refractivity contribution is 8.16. The van der Waals surface area contributed by atoms with Crippen LogP contribution < -0.4 is 4.90 Å². The van der Waals surface area contributed by atoms with E-state index in [1.807, 2.05) is 13.0 Å². The SMILES string of the molecule is Cc1ccc(S(=O)(=O)N=C2S[C@@H](C)C(=O)N2c2ccccc2)cc1. The summed E-state index contributed by atoms with van der Waals surface area (Å²) in [5.41, 5.74) is 1.57. The van der Waals surface area contributed by atoms with Crippen LogP contribution in [-0.2, 0) is 14.8 Å². The monoisotopic (exact) mass is 360 g/mol. The zero-order valence-corrected chi connectivity index (χ0v) is 14.8. The number of sulfonamides is 1. The van der Waals surface area contributed by atoms with Gasteiger partial charge >= 0.3 is 0 Å². The van der Waals surface area contributed by atoms with Crippen LogP contribution in [0.5, 0.6) is 0 Å². The minimum absolute atomic E-state index is 0.112. The second-order valence-electron chi connectivity index (χ2n) is 5.43. The maximum absolute atomic E-state index is 12.6. The number of para-hydroxylation sites is 1. The summed E-state index contributed by atoms with van der Waals surface area (Å²) in [7, 11) is -3.87. The molecule has 1 heterocycles. The third-order valence-corrected chi connectivity index (χ3v) is 6.01. The van der Waals surface area contributed by atoms with Gasteiger partial charge in [0, 0.05) is 0 Å². The molecule has 1 aliphatic rings. The van der Waals surface area contributed by atoms with Gasteiger partial charge in [0.2, 0.25) is 5.91 Å². The zero-order chi connectivity index (χ0) is 17.3. The van der Waals surface area contributed by atoms with Crippen LogP contribution in [0.2, 0.25) is 0 Å². The summed E-state index contributed by atoms with van der Waals surface area (Å²) in [4.78, 5) is 13.9. The Morgan fingerprint density at radius 3 is 2.29 bits per heavy atom. The lowest BCUT2D eigenvalue weighted by atomic mass is 10.2. The molecule has 1 aliphatic heterocycles. The van der Waals surface area contributed by atoms with Gasteiger partial charge in [0.25, 0.3) is 10.0 Å². The second-order valence-corrected chi connectivity index (χ2v) is 8.34.